The van der Waals surface area contributed by atoms with Crippen molar-refractivity contribution >= 4 is 11.6 Å². The lowest BCUT2D eigenvalue weighted by molar-refractivity contribution is 0.615. The summed E-state index contributed by atoms with van der Waals surface area (Å²) in [4.78, 5) is 0. The molecule has 0 aliphatic carbocycles. The third-order valence-electron chi connectivity index (χ3n) is 2.96. The molecule has 0 N–H and O–H groups in total. The highest BCUT2D eigenvalue weighted by Crippen LogP contribution is 2.30. The molecule has 0 saturated heterocycles. The Morgan fingerprint density at radius 2 is 1.44 bits per heavy atom. The fourth-order valence-electron chi connectivity index (χ4n) is 1.78. The molecule has 1 atom stereocenters. The van der Waals surface area contributed by atoms with Gasteiger partial charge in [-0.15, -0.1) is 11.6 Å². The van der Waals surface area contributed by atoms with E-state index < -0.39 is 5.38 Å². The standard InChI is InChI=1S/C15H13ClF2/c1-9-3-4-12(8-14(9)18)15(16)11-5-6-13(17)10(2)7-11/h3-8,15H,1-2H3. The van der Waals surface area contributed by atoms with Gasteiger partial charge in [-0.3, -0.25) is 0 Å². The van der Waals surface area contributed by atoms with E-state index in [1.165, 1.54) is 12.1 Å². The summed E-state index contributed by atoms with van der Waals surface area (Å²) in [6, 6.07) is 9.59. The van der Waals surface area contributed by atoms with Crippen LogP contribution in [-0.4, -0.2) is 0 Å². The normalized spacial score (nSPS) is 12.5. The monoisotopic (exact) mass is 266 g/mol. The highest BCUT2D eigenvalue weighted by atomic mass is 35.5. The topological polar surface area (TPSA) is 0 Å². The van der Waals surface area contributed by atoms with Crippen molar-refractivity contribution in [3.05, 3.63) is 70.3 Å². The zero-order valence-corrected chi connectivity index (χ0v) is 10.9. The van der Waals surface area contributed by atoms with E-state index in [-0.39, 0.29) is 11.6 Å². The van der Waals surface area contributed by atoms with Crippen molar-refractivity contribution in [1.29, 1.82) is 0 Å². The van der Waals surface area contributed by atoms with Gasteiger partial charge in [0.05, 0.1) is 5.38 Å². The van der Waals surface area contributed by atoms with Crippen LogP contribution < -0.4 is 0 Å². The zero-order valence-electron chi connectivity index (χ0n) is 10.2. The van der Waals surface area contributed by atoms with Crippen molar-refractivity contribution in [2.75, 3.05) is 0 Å². The molecule has 2 aromatic rings. The van der Waals surface area contributed by atoms with Crippen molar-refractivity contribution < 1.29 is 8.78 Å². The molecule has 0 amide bonds. The molecule has 0 bridgehead atoms. The lowest BCUT2D eigenvalue weighted by Crippen LogP contribution is -1.96. The van der Waals surface area contributed by atoms with Crippen molar-refractivity contribution in [1.82, 2.24) is 0 Å². The molecule has 18 heavy (non-hydrogen) atoms. The predicted molar refractivity (Wildman–Crippen MR) is 70.0 cm³/mol. The van der Waals surface area contributed by atoms with E-state index in [1.807, 2.05) is 0 Å². The van der Waals surface area contributed by atoms with Crippen molar-refractivity contribution in [2.45, 2.75) is 19.2 Å². The molecule has 0 radical (unpaired) electrons. The maximum Gasteiger partial charge on any atom is 0.126 e. The van der Waals surface area contributed by atoms with E-state index in [1.54, 1.807) is 38.1 Å². The van der Waals surface area contributed by atoms with Crippen molar-refractivity contribution in [3.8, 4) is 0 Å². The van der Waals surface area contributed by atoms with Gasteiger partial charge in [-0.25, -0.2) is 8.78 Å². The fraction of sp³-hybridized carbons (Fsp3) is 0.200. The average molecular weight is 267 g/mol. The summed E-state index contributed by atoms with van der Waals surface area (Å²) >= 11 is 6.29. The third-order valence-corrected chi connectivity index (χ3v) is 3.47. The third kappa shape index (κ3) is 2.54. The Morgan fingerprint density at radius 1 is 0.833 bits per heavy atom. The van der Waals surface area contributed by atoms with E-state index in [0.29, 0.717) is 16.7 Å². The Bertz CT molecular complexity index is 527. The van der Waals surface area contributed by atoms with Gasteiger partial charge in [-0.2, -0.15) is 0 Å². The van der Waals surface area contributed by atoms with Gasteiger partial charge in [0, 0.05) is 0 Å². The predicted octanol–water partition coefficient (Wildman–Crippen LogP) is 4.91. The van der Waals surface area contributed by atoms with Gasteiger partial charge in [-0.1, -0.05) is 24.3 Å². The molecule has 0 spiro atoms. The molecule has 0 aliphatic heterocycles. The molecule has 94 valence electrons. The quantitative estimate of drug-likeness (QED) is 0.678. The Labute approximate surface area is 110 Å². The first kappa shape index (κ1) is 13.0. The molecule has 0 fully saturated rings. The number of halogens is 3. The Morgan fingerprint density at radius 3 is 2.06 bits per heavy atom. The Hall–Kier alpha value is -1.41. The lowest BCUT2D eigenvalue weighted by atomic mass is 10.0. The second kappa shape index (κ2) is 5.07. The first-order valence-corrected chi connectivity index (χ1v) is 6.09. The van der Waals surface area contributed by atoms with E-state index >= 15 is 0 Å². The van der Waals surface area contributed by atoms with E-state index in [0.717, 1.165) is 5.56 Å². The summed E-state index contributed by atoms with van der Waals surface area (Å²) in [6.45, 7) is 3.38. The number of alkyl halides is 1. The highest BCUT2D eigenvalue weighted by Gasteiger charge is 2.13. The molecule has 0 aromatic heterocycles. The fourth-order valence-corrected chi connectivity index (χ4v) is 2.06. The molecule has 0 aliphatic rings. The minimum Gasteiger partial charge on any atom is -0.207 e. The van der Waals surface area contributed by atoms with Gasteiger partial charge in [0.2, 0.25) is 0 Å². The first-order valence-electron chi connectivity index (χ1n) is 5.65. The number of aryl methyl sites for hydroxylation is 2. The van der Waals surface area contributed by atoms with Gasteiger partial charge in [-0.05, 0) is 48.2 Å². The molecule has 1 unspecified atom stereocenters. The summed E-state index contributed by atoms with van der Waals surface area (Å²) < 4.78 is 26.7. The van der Waals surface area contributed by atoms with Crippen LogP contribution >= 0.6 is 11.6 Å². The number of benzene rings is 2. The second-order valence-electron chi connectivity index (χ2n) is 4.38. The highest BCUT2D eigenvalue weighted by molar-refractivity contribution is 6.22. The van der Waals surface area contributed by atoms with Crippen LogP contribution in [0.15, 0.2) is 36.4 Å². The van der Waals surface area contributed by atoms with Crippen LogP contribution in [0.4, 0.5) is 8.78 Å². The minimum atomic E-state index is -0.473. The SMILES string of the molecule is Cc1cc(C(Cl)c2ccc(C)c(F)c2)ccc1F. The minimum absolute atomic E-state index is 0.266. The van der Waals surface area contributed by atoms with Crippen LogP contribution in [0.3, 0.4) is 0 Å². The van der Waals surface area contributed by atoms with Crippen LogP contribution in [0.1, 0.15) is 27.6 Å². The molecule has 2 aromatic carbocycles. The van der Waals surface area contributed by atoms with Crippen LogP contribution in [0.25, 0.3) is 0 Å². The van der Waals surface area contributed by atoms with Crippen LogP contribution in [-0.2, 0) is 0 Å². The van der Waals surface area contributed by atoms with Gasteiger partial charge < -0.3 is 0 Å². The van der Waals surface area contributed by atoms with Gasteiger partial charge in [0.1, 0.15) is 11.6 Å². The summed E-state index contributed by atoms with van der Waals surface area (Å²) in [6.07, 6.45) is 0. The first-order chi connectivity index (χ1) is 8.49. The van der Waals surface area contributed by atoms with Crippen molar-refractivity contribution in [2.24, 2.45) is 0 Å². The summed E-state index contributed by atoms with van der Waals surface area (Å²) in [5, 5.41) is -0.473. The van der Waals surface area contributed by atoms with Crippen LogP contribution in [0.2, 0.25) is 0 Å². The molecule has 3 heteroatoms. The largest absolute Gasteiger partial charge is 0.207 e. The van der Waals surface area contributed by atoms with Crippen LogP contribution in [0, 0.1) is 25.5 Å². The average Bonchev–Trinajstić information content (AvgIpc) is 2.35. The van der Waals surface area contributed by atoms with Gasteiger partial charge in [0.15, 0.2) is 0 Å². The maximum atomic E-state index is 13.5. The maximum absolute atomic E-state index is 13.5. The number of hydrogen-bond acceptors (Lipinski definition) is 0. The molecule has 0 nitrogen and oxygen atoms in total. The molecule has 2 rings (SSSR count). The summed E-state index contributed by atoms with van der Waals surface area (Å²) in [5.41, 5.74) is 2.55. The molecular formula is C15H13ClF2. The Kier molecular flexibility index (Phi) is 3.67. The van der Waals surface area contributed by atoms with Gasteiger partial charge in [0.25, 0.3) is 0 Å². The summed E-state index contributed by atoms with van der Waals surface area (Å²) in [5.74, 6) is -0.547. The Balaban J connectivity index is 2.37. The van der Waals surface area contributed by atoms with Crippen molar-refractivity contribution in [3.63, 3.8) is 0 Å². The van der Waals surface area contributed by atoms with Crippen LogP contribution in [0.5, 0.6) is 0 Å². The van der Waals surface area contributed by atoms with Gasteiger partial charge >= 0.3 is 0 Å². The molecule has 0 heterocycles. The smallest absolute Gasteiger partial charge is 0.126 e. The zero-order chi connectivity index (χ0) is 13.3. The van der Waals surface area contributed by atoms with E-state index in [9.17, 15) is 8.78 Å². The van der Waals surface area contributed by atoms with E-state index in [4.69, 9.17) is 11.6 Å². The summed E-state index contributed by atoms with van der Waals surface area (Å²) in [7, 11) is 0. The second-order valence-corrected chi connectivity index (χ2v) is 4.82. The number of rotatable bonds is 2. The van der Waals surface area contributed by atoms with E-state index in [2.05, 4.69) is 0 Å². The number of hydrogen-bond donors (Lipinski definition) is 0. The molecular weight excluding hydrogens is 254 g/mol. The molecule has 0 saturated carbocycles. The lowest BCUT2D eigenvalue weighted by Gasteiger charge is -2.12.